The van der Waals surface area contributed by atoms with E-state index in [1.54, 1.807) is 0 Å². The van der Waals surface area contributed by atoms with Gasteiger partial charge in [-0.05, 0) is 79.4 Å². The summed E-state index contributed by atoms with van der Waals surface area (Å²) in [5, 5.41) is 0.807. The van der Waals surface area contributed by atoms with Gasteiger partial charge in [-0.25, -0.2) is 0 Å². The first kappa shape index (κ1) is 25.9. The molecule has 0 radical (unpaired) electrons. The van der Waals surface area contributed by atoms with Gasteiger partial charge >= 0.3 is 0 Å². The minimum Gasteiger partial charge on any atom is -0.333 e. The highest BCUT2D eigenvalue weighted by molar-refractivity contribution is 6.36. The van der Waals surface area contributed by atoms with Gasteiger partial charge in [0, 0.05) is 33.7 Å². The third kappa shape index (κ3) is 4.08. The molecule has 5 aromatic rings. The summed E-state index contributed by atoms with van der Waals surface area (Å²) < 4.78 is 0. The minimum atomic E-state index is -0.0313. The topological polar surface area (TPSA) is 6.48 Å². The number of hydrogen-bond acceptors (Lipinski definition) is 2. The third-order valence-corrected chi connectivity index (χ3v) is 10.1. The molecule has 1 aliphatic heterocycles. The van der Waals surface area contributed by atoms with Crippen LogP contribution in [0.15, 0.2) is 127 Å². The molecule has 0 saturated heterocycles. The number of hydrogen-bond donors (Lipinski definition) is 0. The maximum atomic E-state index is 7.44. The predicted molar refractivity (Wildman–Crippen MR) is 174 cm³/mol. The Kier molecular flexibility index (Phi) is 6.40. The highest BCUT2D eigenvalue weighted by Crippen LogP contribution is 2.61. The van der Waals surface area contributed by atoms with Crippen LogP contribution in [-0.4, -0.2) is 5.54 Å². The first-order valence-corrected chi connectivity index (χ1v) is 15.1. The second-order valence-corrected chi connectivity index (χ2v) is 12.2. The van der Waals surface area contributed by atoms with E-state index in [2.05, 4.69) is 151 Å². The Labute approximate surface area is 248 Å². The van der Waals surface area contributed by atoms with Gasteiger partial charge in [0.1, 0.15) is 0 Å². The molecule has 2 atom stereocenters. The summed E-state index contributed by atoms with van der Waals surface area (Å²) in [4.78, 5) is 4.86. The van der Waals surface area contributed by atoms with E-state index < -0.39 is 0 Å². The summed E-state index contributed by atoms with van der Waals surface area (Å²) in [7, 11) is 0. The van der Waals surface area contributed by atoms with Crippen LogP contribution in [0.25, 0.3) is 11.1 Å². The predicted octanol–water partition coefficient (Wildman–Crippen LogP) is 11.2. The maximum Gasteiger partial charge on any atom is 0.0721 e. The van der Waals surface area contributed by atoms with Crippen molar-refractivity contribution in [3.05, 3.63) is 138 Å². The zero-order valence-corrected chi connectivity index (χ0v) is 24.5. The van der Waals surface area contributed by atoms with Gasteiger partial charge in [-0.1, -0.05) is 110 Å². The first-order valence-electron chi connectivity index (χ1n) is 14.7. The largest absolute Gasteiger partial charge is 0.333 e. The van der Waals surface area contributed by atoms with Crippen LogP contribution in [0, 0.1) is 0 Å². The quantitative estimate of drug-likeness (QED) is 0.213. The van der Waals surface area contributed by atoms with Crippen LogP contribution in [0.3, 0.4) is 0 Å². The zero-order chi connectivity index (χ0) is 28.0. The second-order valence-electron chi connectivity index (χ2n) is 11.9. The fraction of sp³-hybridized carbons (Fsp3) is 0.211. The van der Waals surface area contributed by atoms with Crippen LogP contribution in [0.2, 0.25) is 5.02 Å². The van der Waals surface area contributed by atoms with Gasteiger partial charge in [0.15, 0.2) is 0 Å². The van der Waals surface area contributed by atoms with Crippen molar-refractivity contribution < 1.29 is 0 Å². The van der Waals surface area contributed by atoms with Crippen molar-refractivity contribution in [3.63, 3.8) is 0 Å². The number of nitrogens with zero attached hydrogens (tertiary/aromatic N) is 2. The van der Waals surface area contributed by atoms with Crippen LogP contribution in [0.4, 0.5) is 28.4 Å². The number of anilines is 5. The van der Waals surface area contributed by atoms with Crippen molar-refractivity contribution in [2.24, 2.45) is 0 Å². The number of halogens is 1. The van der Waals surface area contributed by atoms with Crippen LogP contribution >= 0.6 is 11.6 Å². The number of benzene rings is 5. The van der Waals surface area contributed by atoms with Gasteiger partial charge in [-0.2, -0.15) is 0 Å². The molecule has 1 fully saturated rings. The molecule has 0 spiro atoms. The molecule has 0 N–H and O–H groups in total. The molecular formula is C38H35ClN2. The molecule has 3 heteroatoms. The molecule has 1 aliphatic carbocycles. The molecular weight excluding hydrogens is 520 g/mol. The average molecular weight is 555 g/mol. The van der Waals surface area contributed by atoms with E-state index in [-0.39, 0.29) is 11.0 Å². The van der Waals surface area contributed by atoms with Crippen molar-refractivity contribution in [2.75, 3.05) is 9.80 Å². The highest BCUT2D eigenvalue weighted by atomic mass is 35.5. The summed E-state index contributed by atoms with van der Waals surface area (Å²) in [5.74, 6) is 0. The Balaban J connectivity index is 1.35. The summed E-state index contributed by atoms with van der Waals surface area (Å²) in [6.07, 6.45) is 4.86. The van der Waals surface area contributed by atoms with Crippen molar-refractivity contribution >= 4 is 40.0 Å². The highest BCUT2D eigenvalue weighted by Gasteiger charge is 2.57. The summed E-state index contributed by atoms with van der Waals surface area (Å²) in [6, 6.07) is 45.3. The lowest BCUT2D eigenvalue weighted by molar-refractivity contribution is 0.195. The molecule has 0 bridgehead atoms. The molecule has 204 valence electrons. The smallest absolute Gasteiger partial charge is 0.0721 e. The zero-order valence-electron chi connectivity index (χ0n) is 23.7. The van der Waals surface area contributed by atoms with Crippen LogP contribution in [0.5, 0.6) is 0 Å². The Hall–Kier alpha value is -4.01. The molecule has 5 aromatic carbocycles. The van der Waals surface area contributed by atoms with Gasteiger partial charge in [0.05, 0.1) is 16.2 Å². The van der Waals surface area contributed by atoms with E-state index >= 15 is 0 Å². The number of para-hydroxylation sites is 3. The van der Waals surface area contributed by atoms with E-state index in [0.29, 0.717) is 0 Å². The summed E-state index contributed by atoms with van der Waals surface area (Å²) >= 11 is 7.44. The molecule has 41 heavy (non-hydrogen) atoms. The molecule has 2 nitrogen and oxygen atoms in total. The van der Waals surface area contributed by atoms with Gasteiger partial charge in [0.25, 0.3) is 0 Å². The molecule has 1 saturated carbocycles. The van der Waals surface area contributed by atoms with Gasteiger partial charge in [-0.15, -0.1) is 0 Å². The standard InChI is InChI=1S/C38H35ClN2/c1-37-25-11-12-26-38(37,2)41(34-23-10-9-22-33(34)37)35-24-14-21-32(36(35)39)28-15-13-20-31(27-28)40(29-16-5-3-6-17-29)30-18-7-4-8-19-30/h3-10,13-24,27H,11-12,25-26H2,1-2H3. The Morgan fingerprint density at radius 2 is 1.20 bits per heavy atom. The van der Waals surface area contributed by atoms with E-state index in [4.69, 9.17) is 11.6 Å². The molecule has 1 heterocycles. The van der Waals surface area contributed by atoms with Crippen LogP contribution in [0.1, 0.15) is 45.1 Å². The maximum absolute atomic E-state index is 7.44. The fourth-order valence-electron chi connectivity index (χ4n) is 7.40. The molecule has 2 unspecified atom stereocenters. The van der Waals surface area contributed by atoms with E-state index in [1.165, 1.54) is 30.5 Å². The van der Waals surface area contributed by atoms with E-state index in [1.807, 2.05) is 0 Å². The van der Waals surface area contributed by atoms with Gasteiger partial charge in [-0.3, -0.25) is 0 Å². The van der Waals surface area contributed by atoms with E-state index in [0.717, 1.165) is 45.3 Å². The molecule has 2 aliphatic rings. The Morgan fingerprint density at radius 3 is 1.93 bits per heavy atom. The lowest BCUT2D eigenvalue weighted by Gasteiger charge is -2.50. The number of rotatable bonds is 5. The van der Waals surface area contributed by atoms with Gasteiger partial charge < -0.3 is 9.80 Å². The molecule has 0 aromatic heterocycles. The lowest BCUT2D eigenvalue weighted by Crippen LogP contribution is -2.54. The van der Waals surface area contributed by atoms with E-state index in [9.17, 15) is 0 Å². The van der Waals surface area contributed by atoms with Crippen molar-refractivity contribution in [3.8, 4) is 11.1 Å². The Morgan fingerprint density at radius 1 is 0.610 bits per heavy atom. The first-order chi connectivity index (χ1) is 20.0. The van der Waals surface area contributed by atoms with Crippen molar-refractivity contribution in [1.29, 1.82) is 0 Å². The minimum absolute atomic E-state index is 0.0313. The fourth-order valence-corrected chi connectivity index (χ4v) is 7.72. The summed E-state index contributed by atoms with van der Waals surface area (Å²) in [5.41, 5.74) is 9.40. The average Bonchev–Trinajstić information content (AvgIpc) is 3.22. The molecule has 0 amide bonds. The normalized spacial score (nSPS) is 21.3. The molecule has 7 rings (SSSR count). The van der Waals surface area contributed by atoms with Crippen molar-refractivity contribution in [2.45, 2.75) is 50.5 Å². The van der Waals surface area contributed by atoms with Crippen LogP contribution in [-0.2, 0) is 5.41 Å². The van der Waals surface area contributed by atoms with Gasteiger partial charge in [0.2, 0.25) is 0 Å². The Bertz CT molecular complexity index is 1660. The monoisotopic (exact) mass is 554 g/mol. The van der Waals surface area contributed by atoms with Crippen molar-refractivity contribution in [1.82, 2.24) is 0 Å². The third-order valence-electron chi connectivity index (χ3n) is 9.68. The SMILES string of the molecule is CC12CCCCC1(C)N(c1cccc(-c3cccc(N(c4ccccc4)c4ccccc4)c3)c1Cl)c1ccccc12. The summed E-state index contributed by atoms with van der Waals surface area (Å²) in [6.45, 7) is 4.92. The van der Waals surface area contributed by atoms with Crippen LogP contribution < -0.4 is 9.80 Å². The second kappa shape index (κ2) is 10.1. The lowest BCUT2D eigenvalue weighted by atomic mass is 9.61. The number of fused-ring (bicyclic) bond motifs is 3.